The van der Waals surface area contributed by atoms with Gasteiger partial charge in [-0.3, -0.25) is 4.79 Å². The van der Waals surface area contributed by atoms with Crippen molar-refractivity contribution in [2.24, 2.45) is 5.92 Å². The van der Waals surface area contributed by atoms with Gasteiger partial charge in [0.2, 0.25) is 5.88 Å². The van der Waals surface area contributed by atoms with Gasteiger partial charge < -0.3 is 18.6 Å². The molecule has 0 aliphatic carbocycles. The highest BCUT2D eigenvalue weighted by atomic mass is 28.4. The summed E-state index contributed by atoms with van der Waals surface area (Å²) in [6, 6.07) is 0. The van der Waals surface area contributed by atoms with E-state index >= 15 is 0 Å². The fourth-order valence-electron chi connectivity index (χ4n) is 2.51. The summed E-state index contributed by atoms with van der Waals surface area (Å²) in [5, 5.41) is -0.210. The first-order valence-electron chi connectivity index (χ1n) is 10.4. The van der Waals surface area contributed by atoms with Crippen molar-refractivity contribution in [2.45, 2.75) is 78.6 Å². The lowest BCUT2D eigenvalue weighted by molar-refractivity contribution is -0.143. The van der Waals surface area contributed by atoms with E-state index in [0.29, 0.717) is 0 Å². The lowest BCUT2D eigenvalue weighted by Crippen LogP contribution is -2.46. The van der Waals surface area contributed by atoms with E-state index in [9.17, 15) is 14.4 Å². The third-order valence-electron chi connectivity index (χ3n) is 5.13. The zero-order valence-electron chi connectivity index (χ0n) is 20.5. The summed E-state index contributed by atoms with van der Waals surface area (Å²) in [6.07, 6.45) is 2.30. The number of methoxy groups -OCH3 is 1. The third kappa shape index (κ3) is 7.12. The van der Waals surface area contributed by atoms with Crippen LogP contribution in [0.25, 0.3) is 0 Å². The summed E-state index contributed by atoms with van der Waals surface area (Å²) in [4.78, 5) is 39.1. The van der Waals surface area contributed by atoms with Crippen molar-refractivity contribution in [3.05, 3.63) is 23.7 Å². The first kappa shape index (κ1) is 26.7. The molecule has 1 heterocycles. The minimum atomic E-state index is -2.49. The number of allylic oxidation sites excluding steroid dienone is 1. The van der Waals surface area contributed by atoms with Crippen molar-refractivity contribution in [3.8, 4) is 0 Å². The van der Waals surface area contributed by atoms with Crippen LogP contribution in [0.4, 0.5) is 4.79 Å². The van der Waals surface area contributed by atoms with Crippen LogP contribution >= 0.6 is 0 Å². The second-order valence-electron chi connectivity index (χ2n) is 9.88. The normalized spacial score (nSPS) is 17.4. The minimum absolute atomic E-state index is 0.0458. The Bertz CT molecular complexity index is 757. The van der Waals surface area contributed by atoms with Crippen LogP contribution < -0.4 is 0 Å². The van der Waals surface area contributed by atoms with Crippen LogP contribution in [0.3, 0.4) is 0 Å². The van der Waals surface area contributed by atoms with Crippen LogP contribution in [-0.4, -0.2) is 50.6 Å². The van der Waals surface area contributed by atoms with E-state index in [1.165, 1.54) is 18.2 Å². The highest BCUT2D eigenvalue weighted by Crippen LogP contribution is 2.41. The first-order valence-corrected chi connectivity index (χ1v) is 13.3. The van der Waals surface area contributed by atoms with E-state index in [-0.39, 0.29) is 29.5 Å². The predicted molar refractivity (Wildman–Crippen MR) is 119 cm³/mol. The number of hydrogen-bond acceptors (Lipinski definition) is 7. The molecule has 0 aromatic heterocycles. The number of hydrogen-bond donors (Lipinski definition) is 0. The van der Waals surface area contributed by atoms with Crippen LogP contribution in [0, 0.1) is 5.92 Å². The number of carbonyl (C=O) groups is 3. The van der Waals surface area contributed by atoms with E-state index in [0.717, 1.165) is 0 Å². The molecule has 1 amide bonds. The number of ether oxygens (including phenoxy) is 3. The lowest BCUT2D eigenvalue weighted by atomic mass is 9.93. The molecule has 1 aliphatic heterocycles. The molecule has 0 fully saturated rings. The number of amides is 1. The Morgan fingerprint density at radius 2 is 1.68 bits per heavy atom. The monoisotopic (exact) mass is 455 g/mol. The minimum Gasteiger partial charge on any atom is -0.531 e. The molecule has 0 spiro atoms. The summed E-state index contributed by atoms with van der Waals surface area (Å²) in [7, 11) is -1.24. The average molecular weight is 456 g/mol. The zero-order valence-corrected chi connectivity index (χ0v) is 21.5. The maximum absolute atomic E-state index is 13.0. The van der Waals surface area contributed by atoms with Crippen molar-refractivity contribution in [2.75, 3.05) is 13.7 Å². The number of rotatable bonds is 6. The molecule has 1 rings (SSSR count). The molecule has 0 N–H and O–H groups in total. The summed E-state index contributed by atoms with van der Waals surface area (Å²) in [6.45, 7) is 17.3. The summed E-state index contributed by atoms with van der Waals surface area (Å²) >= 11 is 0. The quantitative estimate of drug-likeness (QED) is 0.325. The van der Waals surface area contributed by atoms with E-state index in [1.54, 1.807) is 33.8 Å². The van der Waals surface area contributed by atoms with Crippen molar-refractivity contribution >= 4 is 26.3 Å². The molecule has 176 valence electrons. The standard InChI is InChI=1S/C22H37NO7Si/c1-11-28-16(24)14-15-12-13-23(20(26)29-21(2,3)4)18(17(15)19(25)27-8)30-31(9,10)22(5,6)7/h12-13,15H,11,14H2,1-10H3. The second kappa shape index (κ2) is 9.89. The highest BCUT2D eigenvalue weighted by Gasteiger charge is 2.44. The fraction of sp³-hybridized carbons (Fsp3) is 0.682. The Kier molecular flexibility index (Phi) is 8.53. The zero-order chi connectivity index (χ0) is 24.2. The van der Waals surface area contributed by atoms with Gasteiger partial charge in [0.15, 0.2) is 0 Å². The Morgan fingerprint density at radius 3 is 2.13 bits per heavy atom. The topological polar surface area (TPSA) is 91.4 Å². The van der Waals surface area contributed by atoms with Gasteiger partial charge in [-0.2, -0.15) is 0 Å². The molecule has 1 unspecified atom stereocenters. The molecule has 1 atom stereocenters. The van der Waals surface area contributed by atoms with Gasteiger partial charge in [0.1, 0.15) is 11.2 Å². The Balaban J connectivity index is 3.59. The molecule has 0 aromatic rings. The Hall–Kier alpha value is -2.29. The highest BCUT2D eigenvalue weighted by molar-refractivity contribution is 6.74. The van der Waals surface area contributed by atoms with Crippen LogP contribution in [0.1, 0.15) is 54.9 Å². The van der Waals surface area contributed by atoms with Gasteiger partial charge in [0.25, 0.3) is 8.32 Å². The van der Waals surface area contributed by atoms with Gasteiger partial charge in [0.05, 0.1) is 20.1 Å². The third-order valence-corrected chi connectivity index (χ3v) is 9.45. The van der Waals surface area contributed by atoms with Gasteiger partial charge >= 0.3 is 18.0 Å². The summed E-state index contributed by atoms with van der Waals surface area (Å²) < 4.78 is 22.0. The molecule has 0 aromatic carbocycles. The molecular formula is C22H37NO7Si. The largest absolute Gasteiger partial charge is 0.531 e. The molecule has 0 bridgehead atoms. The Labute approximate surface area is 186 Å². The van der Waals surface area contributed by atoms with Gasteiger partial charge in [-0.1, -0.05) is 26.8 Å². The maximum Gasteiger partial charge on any atom is 0.421 e. The number of esters is 2. The first-order chi connectivity index (χ1) is 14.0. The fourth-order valence-corrected chi connectivity index (χ4v) is 3.51. The lowest BCUT2D eigenvalue weighted by Gasteiger charge is -2.41. The average Bonchev–Trinajstić information content (AvgIpc) is 2.58. The smallest absolute Gasteiger partial charge is 0.421 e. The summed E-state index contributed by atoms with van der Waals surface area (Å²) in [5.74, 6) is -1.76. The van der Waals surface area contributed by atoms with Crippen molar-refractivity contribution in [3.63, 3.8) is 0 Å². The summed E-state index contributed by atoms with van der Waals surface area (Å²) in [5.41, 5.74) is -0.658. The number of nitrogens with zero attached hydrogens (tertiary/aromatic N) is 1. The van der Waals surface area contributed by atoms with Crippen molar-refractivity contribution in [1.82, 2.24) is 4.90 Å². The van der Waals surface area contributed by atoms with Gasteiger partial charge in [-0.05, 0) is 45.8 Å². The number of carbonyl (C=O) groups excluding carboxylic acids is 3. The van der Waals surface area contributed by atoms with Gasteiger partial charge in [-0.25, -0.2) is 14.5 Å². The maximum atomic E-state index is 13.0. The molecule has 1 aliphatic rings. The molecule has 9 heteroatoms. The van der Waals surface area contributed by atoms with Gasteiger partial charge in [0, 0.05) is 12.1 Å². The van der Waals surface area contributed by atoms with Crippen LogP contribution in [0.15, 0.2) is 23.7 Å². The molecule has 0 radical (unpaired) electrons. The molecular weight excluding hydrogens is 418 g/mol. The van der Waals surface area contributed by atoms with Crippen LogP contribution in [0.2, 0.25) is 18.1 Å². The predicted octanol–water partition coefficient (Wildman–Crippen LogP) is 4.73. The molecule has 8 nitrogen and oxygen atoms in total. The van der Waals surface area contributed by atoms with E-state index in [2.05, 4.69) is 0 Å². The van der Waals surface area contributed by atoms with E-state index < -0.39 is 37.9 Å². The van der Waals surface area contributed by atoms with Crippen molar-refractivity contribution < 1.29 is 33.0 Å². The van der Waals surface area contributed by atoms with Crippen LogP contribution in [0.5, 0.6) is 0 Å². The Morgan fingerprint density at radius 1 is 1.10 bits per heavy atom. The molecule has 31 heavy (non-hydrogen) atoms. The van der Waals surface area contributed by atoms with Crippen LogP contribution in [-0.2, 0) is 28.2 Å². The van der Waals surface area contributed by atoms with Crippen molar-refractivity contribution in [1.29, 1.82) is 0 Å². The van der Waals surface area contributed by atoms with E-state index in [1.807, 2.05) is 33.9 Å². The van der Waals surface area contributed by atoms with Gasteiger partial charge in [-0.15, -0.1) is 0 Å². The molecule has 0 saturated carbocycles. The van der Waals surface area contributed by atoms with E-state index in [4.69, 9.17) is 18.6 Å². The SMILES string of the molecule is CCOC(=O)CC1C=CN(C(=O)OC(C)(C)C)C(O[Si](C)(C)C(C)(C)C)=C1C(=O)OC. The second-order valence-corrected chi connectivity index (χ2v) is 14.6. The molecule has 0 saturated heterocycles.